The quantitative estimate of drug-likeness (QED) is 0.752. The first-order valence-corrected chi connectivity index (χ1v) is 6.14. The van der Waals surface area contributed by atoms with Crippen LogP contribution in [0.25, 0.3) is 5.57 Å². The molecular formula is C13H17N3O5. The summed E-state index contributed by atoms with van der Waals surface area (Å²) in [5.41, 5.74) is 2.07. The number of methoxy groups -OCH3 is 1. The third-order valence-electron chi connectivity index (χ3n) is 2.69. The van der Waals surface area contributed by atoms with Crippen LogP contribution in [0.5, 0.6) is 5.88 Å². The van der Waals surface area contributed by atoms with Gasteiger partial charge in [-0.05, 0) is 19.0 Å². The van der Waals surface area contributed by atoms with Crippen molar-refractivity contribution in [3.63, 3.8) is 0 Å². The van der Waals surface area contributed by atoms with E-state index in [-0.39, 0.29) is 0 Å². The Balaban J connectivity index is 0.000000315. The van der Waals surface area contributed by atoms with Crippen LogP contribution in [0.15, 0.2) is 18.5 Å². The molecule has 0 fully saturated rings. The van der Waals surface area contributed by atoms with Crippen molar-refractivity contribution in [3.8, 4) is 5.88 Å². The largest absolute Gasteiger partial charge is 0.479 e. The summed E-state index contributed by atoms with van der Waals surface area (Å²) in [5.74, 6) is -3.04. The molecule has 0 atom stereocenters. The number of rotatable bonds is 2. The maximum absolute atomic E-state index is 9.10. The topological polar surface area (TPSA) is 113 Å². The number of aromatic nitrogens is 2. The third kappa shape index (κ3) is 5.19. The molecule has 1 aromatic heterocycles. The van der Waals surface area contributed by atoms with Crippen LogP contribution in [0.2, 0.25) is 0 Å². The molecular weight excluding hydrogens is 278 g/mol. The van der Waals surface area contributed by atoms with Gasteiger partial charge in [-0.2, -0.15) is 0 Å². The number of carbonyl (C=O) groups is 2. The van der Waals surface area contributed by atoms with Gasteiger partial charge in [0.15, 0.2) is 0 Å². The highest BCUT2D eigenvalue weighted by molar-refractivity contribution is 6.27. The zero-order valence-corrected chi connectivity index (χ0v) is 11.8. The summed E-state index contributed by atoms with van der Waals surface area (Å²) in [5, 5.41) is 14.8. The molecule has 1 aliphatic rings. The van der Waals surface area contributed by atoms with Crippen molar-refractivity contribution in [2.45, 2.75) is 6.42 Å². The van der Waals surface area contributed by atoms with Crippen molar-refractivity contribution in [2.24, 2.45) is 0 Å². The summed E-state index contributed by atoms with van der Waals surface area (Å²) in [4.78, 5) is 28.9. The Morgan fingerprint density at radius 3 is 2.38 bits per heavy atom. The first kappa shape index (κ1) is 16.6. The normalized spacial score (nSPS) is 14.5. The van der Waals surface area contributed by atoms with Gasteiger partial charge in [-0.25, -0.2) is 19.6 Å². The molecule has 8 nitrogen and oxygen atoms in total. The first-order valence-electron chi connectivity index (χ1n) is 6.14. The fraction of sp³-hybridized carbons (Fsp3) is 0.385. The molecule has 0 amide bonds. The van der Waals surface area contributed by atoms with Gasteiger partial charge in [-0.3, -0.25) is 0 Å². The average molecular weight is 295 g/mol. The lowest BCUT2D eigenvalue weighted by Crippen LogP contribution is -2.25. The van der Waals surface area contributed by atoms with Crippen molar-refractivity contribution in [1.82, 2.24) is 14.9 Å². The smallest absolute Gasteiger partial charge is 0.414 e. The summed E-state index contributed by atoms with van der Waals surface area (Å²) >= 11 is 0. The molecule has 0 radical (unpaired) electrons. The predicted octanol–water partition coefficient (Wildman–Crippen LogP) is 0.360. The molecule has 21 heavy (non-hydrogen) atoms. The van der Waals surface area contributed by atoms with E-state index in [2.05, 4.69) is 28.0 Å². The minimum atomic E-state index is -1.82. The van der Waals surface area contributed by atoms with E-state index in [1.54, 1.807) is 19.5 Å². The summed E-state index contributed by atoms with van der Waals surface area (Å²) in [6, 6.07) is 0. The van der Waals surface area contributed by atoms with Gasteiger partial charge in [0.1, 0.15) is 5.69 Å². The predicted molar refractivity (Wildman–Crippen MR) is 73.9 cm³/mol. The number of hydrogen-bond donors (Lipinski definition) is 2. The summed E-state index contributed by atoms with van der Waals surface area (Å²) in [6.07, 6.45) is 6.63. The minimum absolute atomic E-state index is 0.610. The zero-order chi connectivity index (χ0) is 15.8. The number of carboxylic acid groups (broad SMARTS) is 2. The molecule has 0 saturated carbocycles. The van der Waals surface area contributed by atoms with Gasteiger partial charge in [0.2, 0.25) is 5.88 Å². The van der Waals surface area contributed by atoms with E-state index in [9.17, 15) is 0 Å². The lowest BCUT2D eigenvalue weighted by atomic mass is 10.1. The second-order valence-corrected chi connectivity index (χ2v) is 4.28. The molecule has 2 rings (SSSR count). The van der Waals surface area contributed by atoms with Crippen molar-refractivity contribution < 1.29 is 24.5 Å². The lowest BCUT2D eigenvalue weighted by Gasteiger charge is -2.22. The van der Waals surface area contributed by atoms with Gasteiger partial charge in [0, 0.05) is 25.5 Å². The Morgan fingerprint density at radius 2 is 1.86 bits per heavy atom. The van der Waals surface area contributed by atoms with Crippen LogP contribution in [-0.4, -0.2) is 64.3 Å². The molecule has 0 unspecified atom stereocenters. The number of aliphatic carboxylic acids is 2. The molecule has 0 bridgehead atoms. The lowest BCUT2D eigenvalue weighted by molar-refractivity contribution is -0.159. The Hall–Kier alpha value is -2.48. The third-order valence-corrected chi connectivity index (χ3v) is 2.69. The SMILES string of the molecule is COc1nccnc1C1=CCCN(C)C1.O=C(O)C(=O)O. The standard InChI is InChI=1S/C11H15N3O.C2H2O4/c1-14-7-3-4-9(8-14)10-11(15-2)13-6-5-12-10;3-1(4)2(5)6/h4-6H,3,7-8H2,1-2H3;(H,3,4)(H,5,6). The second kappa shape index (κ2) is 7.95. The molecule has 0 aromatic carbocycles. The highest BCUT2D eigenvalue weighted by Crippen LogP contribution is 2.24. The molecule has 1 aliphatic heterocycles. The Labute approximate surface area is 121 Å². The van der Waals surface area contributed by atoms with Crippen LogP contribution < -0.4 is 4.74 Å². The van der Waals surface area contributed by atoms with E-state index < -0.39 is 11.9 Å². The monoisotopic (exact) mass is 295 g/mol. The van der Waals surface area contributed by atoms with Gasteiger partial charge in [-0.15, -0.1) is 0 Å². The number of nitrogens with zero attached hydrogens (tertiary/aromatic N) is 3. The van der Waals surface area contributed by atoms with Crippen LogP contribution in [0.3, 0.4) is 0 Å². The van der Waals surface area contributed by atoms with Gasteiger partial charge >= 0.3 is 11.9 Å². The number of ether oxygens (including phenoxy) is 1. The van der Waals surface area contributed by atoms with E-state index in [1.807, 2.05) is 0 Å². The highest BCUT2D eigenvalue weighted by atomic mass is 16.5. The zero-order valence-electron chi connectivity index (χ0n) is 11.8. The molecule has 0 saturated heterocycles. The van der Waals surface area contributed by atoms with Crippen LogP contribution >= 0.6 is 0 Å². The van der Waals surface area contributed by atoms with Crippen molar-refractivity contribution >= 4 is 17.5 Å². The first-order chi connectivity index (χ1) is 9.95. The summed E-state index contributed by atoms with van der Waals surface area (Å²) in [7, 11) is 3.73. The molecule has 114 valence electrons. The van der Waals surface area contributed by atoms with Gasteiger partial charge in [0.05, 0.1) is 7.11 Å². The van der Waals surface area contributed by atoms with Crippen LogP contribution in [0.4, 0.5) is 0 Å². The van der Waals surface area contributed by atoms with E-state index in [0.29, 0.717) is 5.88 Å². The molecule has 0 spiro atoms. The Morgan fingerprint density at radius 1 is 1.24 bits per heavy atom. The van der Waals surface area contributed by atoms with E-state index >= 15 is 0 Å². The van der Waals surface area contributed by atoms with Crippen LogP contribution in [-0.2, 0) is 9.59 Å². The molecule has 8 heteroatoms. The number of carboxylic acids is 2. The van der Waals surface area contributed by atoms with Crippen LogP contribution in [0, 0.1) is 0 Å². The van der Waals surface area contributed by atoms with Crippen LogP contribution in [0.1, 0.15) is 12.1 Å². The van der Waals surface area contributed by atoms with Crippen molar-refractivity contribution in [2.75, 3.05) is 27.2 Å². The number of likely N-dealkylation sites (N-methyl/N-ethyl adjacent to an activating group) is 1. The Bertz CT molecular complexity index is 532. The minimum Gasteiger partial charge on any atom is -0.479 e. The maximum Gasteiger partial charge on any atom is 0.414 e. The van der Waals surface area contributed by atoms with E-state index in [0.717, 1.165) is 25.2 Å². The van der Waals surface area contributed by atoms with Gasteiger partial charge in [-0.1, -0.05) is 6.08 Å². The average Bonchev–Trinajstić information content (AvgIpc) is 2.47. The van der Waals surface area contributed by atoms with E-state index in [1.165, 1.54) is 5.57 Å². The second-order valence-electron chi connectivity index (χ2n) is 4.28. The number of hydrogen-bond acceptors (Lipinski definition) is 6. The van der Waals surface area contributed by atoms with Crippen molar-refractivity contribution in [1.29, 1.82) is 0 Å². The van der Waals surface area contributed by atoms with Gasteiger partial charge < -0.3 is 19.8 Å². The summed E-state index contributed by atoms with van der Waals surface area (Å²) < 4.78 is 5.20. The molecule has 1 aromatic rings. The highest BCUT2D eigenvalue weighted by Gasteiger charge is 2.15. The van der Waals surface area contributed by atoms with Crippen molar-refractivity contribution in [3.05, 3.63) is 24.2 Å². The molecule has 2 heterocycles. The van der Waals surface area contributed by atoms with Gasteiger partial charge in [0.25, 0.3) is 0 Å². The summed E-state index contributed by atoms with van der Waals surface area (Å²) in [6.45, 7) is 2.02. The molecule has 0 aliphatic carbocycles. The fourth-order valence-corrected chi connectivity index (χ4v) is 1.76. The fourth-order valence-electron chi connectivity index (χ4n) is 1.76. The van der Waals surface area contributed by atoms with E-state index in [4.69, 9.17) is 24.5 Å². The molecule has 2 N–H and O–H groups in total. The maximum atomic E-state index is 9.10. The Kier molecular flexibility index (Phi) is 6.28.